The normalized spacial score (nSPS) is 33.3. The summed E-state index contributed by atoms with van der Waals surface area (Å²) in [7, 11) is 0. The van der Waals surface area contributed by atoms with Gasteiger partial charge in [0.15, 0.2) is 0 Å². The summed E-state index contributed by atoms with van der Waals surface area (Å²) >= 11 is 0. The average Bonchev–Trinajstić information content (AvgIpc) is 2.57. The number of aryl methyl sites for hydroxylation is 1. The van der Waals surface area contributed by atoms with Crippen LogP contribution in [-0.4, -0.2) is 10.7 Å². The lowest BCUT2D eigenvalue weighted by Gasteiger charge is -2.46. The molecule has 23 heavy (non-hydrogen) atoms. The largest absolute Gasteiger partial charge is 0.507 e. The van der Waals surface area contributed by atoms with Crippen molar-refractivity contribution >= 4 is 0 Å². The zero-order chi connectivity index (χ0) is 21.8. The van der Waals surface area contributed by atoms with Crippen LogP contribution >= 0.6 is 0 Å². The second kappa shape index (κ2) is 6.22. The van der Waals surface area contributed by atoms with Gasteiger partial charge in [0.25, 0.3) is 0 Å². The van der Waals surface area contributed by atoms with Crippen molar-refractivity contribution in [2.75, 3.05) is 0 Å². The average molecular weight is 321 g/mol. The Morgan fingerprint density at radius 2 is 2.26 bits per heavy atom. The summed E-state index contributed by atoms with van der Waals surface area (Å²) < 4.78 is 55.5. The van der Waals surface area contributed by atoms with Crippen LogP contribution < -0.4 is 4.74 Å². The number of ether oxygens (including phenoxy) is 1. The van der Waals surface area contributed by atoms with Crippen molar-refractivity contribution in [3.63, 3.8) is 0 Å². The van der Waals surface area contributed by atoms with Crippen LogP contribution in [0.4, 0.5) is 0 Å². The van der Waals surface area contributed by atoms with Crippen molar-refractivity contribution in [1.82, 2.24) is 0 Å². The van der Waals surface area contributed by atoms with Crippen LogP contribution in [0.3, 0.4) is 0 Å². The number of allylic oxidation sites excluding steroid dienone is 2. The molecule has 0 fully saturated rings. The van der Waals surface area contributed by atoms with Crippen LogP contribution in [0.5, 0.6) is 11.5 Å². The Kier molecular flexibility index (Phi) is 2.82. The Balaban J connectivity index is 2.18. The maximum absolute atomic E-state index is 10.9. The molecule has 1 N–H and O–H groups in total. The van der Waals surface area contributed by atoms with Gasteiger partial charge in [0.05, 0.1) is 0 Å². The van der Waals surface area contributed by atoms with E-state index in [0.717, 1.165) is 6.42 Å². The van der Waals surface area contributed by atoms with Gasteiger partial charge >= 0.3 is 0 Å². The maximum Gasteiger partial charge on any atom is 0.127 e. The lowest BCUT2D eigenvalue weighted by molar-refractivity contribution is 0.0107. The first kappa shape index (κ1) is 10.4. The Morgan fingerprint density at radius 1 is 1.43 bits per heavy atom. The number of rotatable bonds is 4. The maximum atomic E-state index is 10.9. The first-order valence-corrected chi connectivity index (χ1v) is 8.51. The molecule has 2 atom stereocenters. The van der Waals surface area contributed by atoms with Gasteiger partial charge in [0, 0.05) is 25.6 Å². The van der Waals surface area contributed by atoms with E-state index in [4.69, 9.17) is 11.6 Å². The van der Waals surface area contributed by atoms with Crippen LogP contribution in [-0.2, 0) is 6.37 Å². The molecule has 0 spiro atoms. The van der Waals surface area contributed by atoms with Gasteiger partial charge in [-0.25, -0.2) is 0 Å². The monoisotopic (exact) mass is 320 g/mol. The van der Waals surface area contributed by atoms with E-state index >= 15 is 0 Å². The topological polar surface area (TPSA) is 29.5 Å². The highest BCUT2D eigenvalue weighted by molar-refractivity contribution is 5.53. The molecule has 0 saturated carbocycles. The Morgan fingerprint density at radius 3 is 3.00 bits per heavy atom. The molecule has 126 valence electrons. The Labute approximate surface area is 149 Å². The van der Waals surface area contributed by atoms with E-state index in [9.17, 15) is 6.48 Å². The quantitative estimate of drug-likeness (QED) is 0.717. The Bertz CT molecular complexity index is 827. The lowest BCUT2D eigenvalue weighted by Crippen LogP contribution is -2.45. The molecular weight excluding hydrogens is 284 g/mol. The van der Waals surface area contributed by atoms with Gasteiger partial charge in [-0.15, -0.1) is 0 Å². The molecule has 2 aliphatic rings. The fourth-order valence-corrected chi connectivity index (χ4v) is 3.62. The van der Waals surface area contributed by atoms with Crippen LogP contribution in [0.1, 0.15) is 85.0 Å². The summed E-state index contributed by atoms with van der Waals surface area (Å²) in [4.78, 5) is 0. The van der Waals surface area contributed by atoms with Crippen molar-refractivity contribution < 1.29 is 18.1 Å². The van der Waals surface area contributed by atoms with E-state index in [1.165, 1.54) is 12.1 Å². The van der Waals surface area contributed by atoms with Gasteiger partial charge in [-0.2, -0.15) is 0 Å². The van der Waals surface area contributed by atoms with E-state index in [1.54, 1.807) is 6.07 Å². The van der Waals surface area contributed by atoms with E-state index in [-0.39, 0.29) is 28.6 Å². The lowest BCUT2D eigenvalue weighted by atomic mass is 9.68. The van der Waals surface area contributed by atoms with Crippen LogP contribution in [0.15, 0.2) is 23.8 Å². The predicted molar refractivity (Wildman–Crippen MR) is 95.3 cm³/mol. The predicted octanol–water partition coefficient (Wildman–Crippen LogP) is 5.74. The minimum absolute atomic E-state index is 0.212. The zero-order valence-electron chi connectivity index (χ0n) is 20.2. The Hall–Kier alpha value is -1.44. The summed E-state index contributed by atoms with van der Waals surface area (Å²) in [5.74, 6) is -1.73. The highest BCUT2D eigenvalue weighted by Crippen LogP contribution is 2.53. The van der Waals surface area contributed by atoms with Crippen LogP contribution in [0.25, 0.3) is 0 Å². The SMILES string of the molecule is [2H]C([2H])([2H])C1=C[C@@]2([2H])c3c(O)cc(C([2H])([2H])CCCC)cc3OC(C)(C)[C@@H]2CC1. The fourth-order valence-electron chi connectivity index (χ4n) is 3.62. The molecule has 2 nitrogen and oxygen atoms in total. The van der Waals surface area contributed by atoms with E-state index in [1.807, 2.05) is 20.8 Å². The standard InChI is InChI=1S/C21H30O2/c1-5-6-7-8-15-12-18(22)20-16-11-14(2)9-10-17(16)21(3,4)23-19(20)13-15/h11-13,16-17,22H,5-10H2,1-4H3/t16-,17-/m1/s1/i2D3,8D2,16D. The number of phenolic OH excluding ortho intramolecular Hbond substituents is 1. The van der Waals surface area contributed by atoms with Gasteiger partial charge in [0.1, 0.15) is 17.1 Å². The second-order valence-corrected chi connectivity index (χ2v) is 7.07. The van der Waals surface area contributed by atoms with Crippen molar-refractivity contribution in [2.24, 2.45) is 5.92 Å². The summed E-state index contributed by atoms with van der Waals surface area (Å²) in [6.07, 6.45) is 2.58. The highest BCUT2D eigenvalue weighted by Gasteiger charge is 2.45. The molecule has 0 aromatic heterocycles. The summed E-state index contributed by atoms with van der Waals surface area (Å²) in [5.41, 5.74) is 0.0237. The number of hydrogen-bond acceptors (Lipinski definition) is 2. The van der Waals surface area contributed by atoms with Crippen molar-refractivity contribution in [3.8, 4) is 11.5 Å². The van der Waals surface area contributed by atoms with Gasteiger partial charge in [-0.1, -0.05) is 31.4 Å². The van der Waals surface area contributed by atoms with Gasteiger partial charge in [0.2, 0.25) is 0 Å². The molecule has 0 radical (unpaired) electrons. The van der Waals surface area contributed by atoms with E-state index in [2.05, 4.69) is 0 Å². The number of phenols is 1. The summed E-state index contributed by atoms with van der Waals surface area (Å²) in [6, 6.07) is 2.96. The highest BCUT2D eigenvalue weighted by atomic mass is 16.5. The molecule has 0 unspecified atom stereocenters. The first-order valence-electron chi connectivity index (χ1n) is 11.5. The smallest absolute Gasteiger partial charge is 0.127 e. The zero-order valence-corrected chi connectivity index (χ0v) is 14.2. The minimum Gasteiger partial charge on any atom is -0.507 e. The summed E-state index contributed by atoms with van der Waals surface area (Å²) in [5, 5.41) is 10.9. The molecule has 3 rings (SSSR count). The van der Waals surface area contributed by atoms with Crippen LogP contribution in [0, 0.1) is 5.92 Å². The number of hydrogen-bond donors (Lipinski definition) is 1. The molecule has 1 aromatic carbocycles. The second-order valence-electron chi connectivity index (χ2n) is 7.07. The number of unbranched alkanes of at least 4 members (excludes halogenated alkanes) is 1. The molecule has 1 aromatic rings. The molecule has 2 heteroatoms. The molecule has 0 saturated heterocycles. The molecule has 1 heterocycles. The van der Waals surface area contributed by atoms with Gasteiger partial charge in [-0.3, -0.25) is 0 Å². The van der Waals surface area contributed by atoms with E-state index < -0.39 is 24.7 Å². The first-order chi connectivity index (χ1) is 13.2. The minimum atomic E-state index is -2.28. The molecule has 0 amide bonds. The third-order valence-electron chi connectivity index (χ3n) is 4.85. The number of fused-ring (bicyclic) bond motifs is 3. The number of aromatic hydroxyl groups is 1. The number of benzene rings is 1. The van der Waals surface area contributed by atoms with E-state index in [0.29, 0.717) is 31.2 Å². The van der Waals surface area contributed by atoms with Crippen molar-refractivity contribution in [3.05, 3.63) is 34.9 Å². The van der Waals surface area contributed by atoms with Gasteiger partial charge in [-0.05, 0) is 64.0 Å². The third-order valence-corrected chi connectivity index (χ3v) is 4.85. The van der Waals surface area contributed by atoms with Crippen molar-refractivity contribution in [1.29, 1.82) is 0 Å². The molecular formula is C21H30O2. The van der Waals surface area contributed by atoms with Crippen LogP contribution in [0.2, 0.25) is 0 Å². The molecule has 0 bridgehead atoms. The van der Waals surface area contributed by atoms with Gasteiger partial charge < -0.3 is 9.84 Å². The van der Waals surface area contributed by atoms with Crippen molar-refractivity contribution in [2.45, 2.75) is 77.6 Å². The summed E-state index contributed by atoms with van der Waals surface area (Å²) in [6.45, 7) is 3.45. The molecule has 1 aliphatic carbocycles. The third kappa shape index (κ3) is 3.13. The fraction of sp³-hybridized carbons (Fsp3) is 0.619. The molecule has 1 aliphatic heterocycles.